The summed E-state index contributed by atoms with van der Waals surface area (Å²) in [7, 11) is 1.89. The van der Waals surface area contributed by atoms with Crippen LogP contribution in [0, 0.1) is 34.5 Å². The topological polar surface area (TPSA) is 26.3 Å². The molecule has 134 valence electrons. The number of carbonyl (C=O) groups excluding carboxylic acids is 1. The number of Topliss-reactive ketones (excluding diaryl/α,β-unsaturated/α-hetero) is 1. The molecule has 0 aliphatic heterocycles. The van der Waals surface area contributed by atoms with E-state index in [-0.39, 0.29) is 5.41 Å². The number of ether oxygens (including phenoxy) is 1. The Morgan fingerprint density at radius 2 is 1.96 bits per heavy atom. The van der Waals surface area contributed by atoms with Gasteiger partial charge in [0, 0.05) is 18.9 Å². The number of hydrogen-bond donors (Lipinski definition) is 0. The van der Waals surface area contributed by atoms with Gasteiger partial charge in [0.25, 0.3) is 0 Å². The summed E-state index contributed by atoms with van der Waals surface area (Å²) >= 11 is 0. The van der Waals surface area contributed by atoms with Crippen LogP contribution in [-0.2, 0) is 9.53 Å². The molecular weight excluding hydrogens is 296 g/mol. The van der Waals surface area contributed by atoms with E-state index >= 15 is 0 Å². The summed E-state index contributed by atoms with van der Waals surface area (Å²) < 4.78 is 5.84. The Balaban J connectivity index is 1.67. The third-order valence-corrected chi connectivity index (χ3v) is 8.79. The summed E-state index contributed by atoms with van der Waals surface area (Å²) in [6.45, 7) is 7.15. The highest BCUT2D eigenvalue weighted by Gasteiger charge is 2.59. The Hall–Kier alpha value is -0.630. The van der Waals surface area contributed by atoms with Gasteiger partial charge in [0.15, 0.2) is 0 Å². The Labute approximate surface area is 147 Å². The molecule has 4 aliphatic rings. The molecule has 0 saturated heterocycles. The van der Waals surface area contributed by atoms with E-state index in [4.69, 9.17) is 4.74 Å². The third kappa shape index (κ3) is 2.14. The van der Waals surface area contributed by atoms with Crippen molar-refractivity contribution >= 4 is 5.78 Å². The molecule has 0 aromatic carbocycles. The van der Waals surface area contributed by atoms with E-state index in [1.165, 1.54) is 25.7 Å². The van der Waals surface area contributed by atoms with Crippen LogP contribution in [0.15, 0.2) is 11.6 Å². The van der Waals surface area contributed by atoms with Crippen molar-refractivity contribution in [2.24, 2.45) is 34.5 Å². The standard InChI is InChI=1S/C22H34O2/c1-5-14-13-22(3)15(12-19(14)24-4)6-7-16-17-8-9-20(23)21(17,2)11-10-18(16)22/h6,14,16-19H,5,7-13H2,1-4H3/t14-,16+,17+,18+,19?,21+,22+/m1/s1. The van der Waals surface area contributed by atoms with Crippen LogP contribution in [0.5, 0.6) is 0 Å². The fraction of sp³-hybridized carbons (Fsp3) is 0.864. The van der Waals surface area contributed by atoms with Crippen LogP contribution in [0.2, 0.25) is 0 Å². The van der Waals surface area contributed by atoms with Crippen LogP contribution < -0.4 is 0 Å². The zero-order valence-electron chi connectivity index (χ0n) is 15.9. The summed E-state index contributed by atoms with van der Waals surface area (Å²) in [5.41, 5.74) is 2.02. The molecule has 4 aliphatic carbocycles. The molecular formula is C22H34O2. The summed E-state index contributed by atoms with van der Waals surface area (Å²) in [6, 6.07) is 0. The maximum absolute atomic E-state index is 12.5. The zero-order valence-corrected chi connectivity index (χ0v) is 15.9. The van der Waals surface area contributed by atoms with E-state index in [1.807, 2.05) is 7.11 Å². The van der Waals surface area contributed by atoms with Gasteiger partial charge in [-0.2, -0.15) is 0 Å². The van der Waals surface area contributed by atoms with Crippen molar-refractivity contribution in [1.82, 2.24) is 0 Å². The lowest BCUT2D eigenvalue weighted by Gasteiger charge is -2.58. The molecule has 3 saturated carbocycles. The van der Waals surface area contributed by atoms with Crippen LogP contribution in [0.25, 0.3) is 0 Å². The third-order valence-electron chi connectivity index (χ3n) is 8.79. The van der Waals surface area contributed by atoms with E-state index in [1.54, 1.807) is 5.57 Å². The molecule has 1 unspecified atom stereocenters. The quantitative estimate of drug-likeness (QED) is 0.653. The van der Waals surface area contributed by atoms with Crippen molar-refractivity contribution in [3.63, 3.8) is 0 Å². The summed E-state index contributed by atoms with van der Waals surface area (Å²) in [5, 5.41) is 0. The largest absolute Gasteiger partial charge is 0.381 e. The second-order valence-corrected chi connectivity index (χ2v) is 9.53. The molecule has 3 fully saturated rings. The van der Waals surface area contributed by atoms with Gasteiger partial charge < -0.3 is 4.74 Å². The predicted octanol–water partition coefficient (Wildman–Crippen LogP) is 5.17. The van der Waals surface area contributed by atoms with E-state index in [0.29, 0.717) is 29.1 Å². The van der Waals surface area contributed by atoms with Gasteiger partial charge in [0.05, 0.1) is 6.10 Å². The van der Waals surface area contributed by atoms with E-state index in [2.05, 4.69) is 26.8 Å². The fourth-order valence-electron chi connectivity index (χ4n) is 7.27. The molecule has 7 atom stereocenters. The second kappa shape index (κ2) is 5.69. The summed E-state index contributed by atoms with van der Waals surface area (Å²) in [4.78, 5) is 12.5. The van der Waals surface area contributed by atoms with Crippen LogP contribution in [-0.4, -0.2) is 19.0 Å². The first-order chi connectivity index (χ1) is 11.4. The molecule has 0 bridgehead atoms. The lowest BCUT2D eigenvalue weighted by atomic mass is 9.47. The molecule has 2 heteroatoms. The van der Waals surface area contributed by atoms with Gasteiger partial charge in [-0.25, -0.2) is 0 Å². The van der Waals surface area contributed by atoms with Gasteiger partial charge in [0.1, 0.15) is 5.78 Å². The van der Waals surface area contributed by atoms with Crippen molar-refractivity contribution in [1.29, 1.82) is 0 Å². The molecule has 2 nitrogen and oxygen atoms in total. The molecule has 0 spiro atoms. The molecule has 24 heavy (non-hydrogen) atoms. The number of hydrogen-bond acceptors (Lipinski definition) is 2. The Morgan fingerprint density at radius 1 is 1.21 bits per heavy atom. The number of methoxy groups -OCH3 is 1. The Kier molecular flexibility index (Phi) is 3.99. The highest BCUT2D eigenvalue weighted by atomic mass is 16.5. The zero-order chi connectivity index (χ0) is 17.1. The minimum absolute atomic E-state index is 0.00321. The van der Waals surface area contributed by atoms with Crippen LogP contribution in [0.3, 0.4) is 0 Å². The molecule has 0 aromatic heterocycles. The maximum atomic E-state index is 12.5. The molecule has 0 amide bonds. The maximum Gasteiger partial charge on any atom is 0.139 e. The van der Waals surface area contributed by atoms with Gasteiger partial charge in [-0.05, 0) is 67.6 Å². The normalized spacial score (nSPS) is 50.8. The van der Waals surface area contributed by atoms with Gasteiger partial charge in [-0.15, -0.1) is 0 Å². The van der Waals surface area contributed by atoms with Gasteiger partial charge in [0.2, 0.25) is 0 Å². The van der Waals surface area contributed by atoms with Gasteiger partial charge in [-0.3, -0.25) is 4.79 Å². The van der Waals surface area contributed by atoms with Crippen molar-refractivity contribution in [2.75, 3.05) is 7.11 Å². The first-order valence-corrected chi connectivity index (χ1v) is 10.2. The smallest absolute Gasteiger partial charge is 0.139 e. The molecule has 0 heterocycles. The van der Waals surface area contributed by atoms with Gasteiger partial charge in [-0.1, -0.05) is 38.8 Å². The average Bonchev–Trinajstić information content (AvgIpc) is 2.88. The predicted molar refractivity (Wildman–Crippen MR) is 96.7 cm³/mol. The monoisotopic (exact) mass is 330 g/mol. The molecule has 4 rings (SSSR count). The highest BCUT2D eigenvalue weighted by Crippen LogP contribution is 2.64. The second-order valence-electron chi connectivity index (χ2n) is 9.53. The SMILES string of the molecule is CC[C@@H]1C[C@@]2(C)C(=CC[C@@H]3[C@@H]2CC[C@]2(C)C(=O)CC[C@@H]32)CC1OC. The lowest BCUT2D eigenvalue weighted by Crippen LogP contribution is -2.52. The van der Waals surface area contributed by atoms with Crippen molar-refractivity contribution in [2.45, 2.75) is 78.2 Å². The number of carbonyl (C=O) groups is 1. The van der Waals surface area contributed by atoms with E-state index < -0.39 is 0 Å². The number of rotatable bonds is 2. The Morgan fingerprint density at radius 3 is 2.67 bits per heavy atom. The first kappa shape index (κ1) is 16.8. The fourth-order valence-corrected chi connectivity index (χ4v) is 7.27. The lowest BCUT2D eigenvalue weighted by molar-refractivity contribution is -0.132. The number of allylic oxidation sites excluding steroid dienone is 1. The summed E-state index contributed by atoms with van der Waals surface area (Å²) in [5.74, 6) is 3.40. The Bertz CT molecular complexity index is 564. The minimum atomic E-state index is -0.00321. The minimum Gasteiger partial charge on any atom is -0.381 e. The van der Waals surface area contributed by atoms with Crippen LogP contribution in [0.4, 0.5) is 0 Å². The number of ketones is 1. The van der Waals surface area contributed by atoms with Gasteiger partial charge >= 0.3 is 0 Å². The number of fused-ring (bicyclic) bond motifs is 5. The van der Waals surface area contributed by atoms with Crippen LogP contribution in [0.1, 0.15) is 72.1 Å². The van der Waals surface area contributed by atoms with Crippen molar-refractivity contribution in [3.8, 4) is 0 Å². The molecule has 0 N–H and O–H groups in total. The molecule has 0 radical (unpaired) electrons. The van der Waals surface area contributed by atoms with E-state index in [9.17, 15) is 4.79 Å². The average molecular weight is 331 g/mol. The molecule has 0 aromatic rings. The van der Waals surface area contributed by atoms with E-state index in [0.717, 1.165) is 37.5 Å². The van der Waals surface area contributed by atoms with Crippen molar-refractivity contribution < 1.29 is 9.53 Å². The summed E-state index contributed by atoms with van der Waals surface area (Å²) in [6.07, 6.45) is 12.2. The van der Waals surface area contributed by atoms with Crippen LogP contribution >= 0.6 is 0 Å². The van der Waals surface area contributed by atoms with Crippen molar-refractivity contribution in [3.05, 3.63) is 11.6 Å². The first-order valence-electron chi connectivity index (χ1n) is 10.2. The highest BCUT2D eigenvalue weighted by molar-refractivity contribution is 5.87.